The van der Waals surface area contributed by atoms with E-state index in [0.29, 0.717) is 5.92 Å². The van der Waals surface area contributed by atoms with Crippen molar-refractivity contribution in [2.75, 3.05) is 13.2 Å². The van der Waals surface area contributed by atoms with Gasteiger partial charge in [0, 0.05) is 6.04 Å². The Balaban J connectivity index is 2.23. The lowest BCUT2D eigenvalue weighted by atomic mass is 10.00. The third kappa shape index (κ3) is 3.50. The van der Waals surface area contributed by atoms with E-state index in [4.69, 9.17) is 5.11 Å². The molecule has 0 radical (unpaired) electrons. The van der Waals surface area contributed by atoms with E-state index in [1.54, 1.807) is 0 Å². The van der Waals surface area contributed by atoms with Gasteiger partial charge in [0.25, 0.3) is 5.92 Å². The average Bonchev–Trinajstić information content (AvgIpc) is 2.67. The molecule has 84 valence electrons. The molecule has 0 aromatic carbocycles. The molecule has 1 rings (SSSR count). The monoisotopic (exact) mass is 207 g/mol. The molecule has 1 saturated carbocycles. The summed E-state index contributed by atoms with van der Waals surface area (Å²) >= 11 is 0. The summed E-state index contributed by atoms with van der Waals surface area (Å²) in [4.78, 5) is 0. The Bertz CT molecular complexity index is 170. The molecule has 2 N–H and O–H groups in total. The quantitative estimate of drug-likeness (QED) is 0.720. The molecule has 1 aliphatic carbocycles. The van der Waals surface area contributed by atoms with Crippen LogP contribution in [0.25, 0.3) is 0 Å². The molecule has 0 aromatic heterocycles. The molecule has 0 saturated heterocycles. The highest BCUT2D eigenvalue weighted by atomic mass is 19.3. The first-order valence-corrected chi connectivity index (χ1v) is 5.27. The first-order chi connectivity index (χ1) is 6.55. The van der Waals surface area contributed by atoms with Gasteiger partial charge in [0.2, 0.25) is 0 Å². The fourth-order valence-corrected chi connectivity index (χ4v) is 1.99. The predicted octanol–water partition coefficient (Wildman–Crippen LogP) is 1.78. The molecule has 1 fully saturated rings. The molecule has 14 heavy (non-hydrogen) atoms. The number of aliphatic hydroxyl groups is 1. The first-order valence-electron chi connectivity index (χ1n) is 5.27. The maximum atomic E-state index is 12.7. The van der Waals surface area contributed by atoms with Crippen molar-refractivity contribution in [3.8, 4) is 0 Å². The lowest BCUT2D eigenvalue weighted by Crippen LogP contribution is -2.42. The van der Waals surface area contributed by atoms with Crippen molar-refractivity contribution >= 4 is 0 Å². The molecule has 1 aliphatic rings. The van der Waals surface area contributed by atoms with Crippen LogP contribution in [0.5, 0.6) is 0 Å². The van der Waals surface area contributed by atoms with Crippen LogP contribution in [0.15, 0.2) is 0 Å². The third-order valence-electron chi connectivity index (χ3n) is 3.02. The average molecular weight is 207 g/mol. The molecule has 0 aliphatic heterocycles. The van der Waals surface area contributed by atoms with Crippen LogP contribution in [0.2, 0.25) is 0 Å². The number of nitrogens with one attached hydrogen (secondary N) is 1. The minimum absolute atomic E-state index is 0.134. The van der Waals surface area contributed by atoms with Gasteiger partial charge in [-0.3, -0.25) is 0 Å². The lowest BCUT2D eigenvalue weighted by molar-refractivity contribution is -0.0499. The highest BCUT2D eigenvalue weighted by Crippen LogP contribution is 2.27. The largest absolute Gasteiger partial charge is 0.390 e. The summed E-state index contributed by atoms with van der Waals surface area (Å²) in [5, 5.41) is 11.2. The Morgan fingerprint density at radius 3 is 2.50 bits per heavy atom. The topological polar surface area (TPSA) is 32.3 Å². The van der Waals surface area contributed by atoms with E-state index >= 15 is 0 Å². The normalized spacial score (nSPS) is 21.4. The van der Waals surface area contributed by atoms with Gasteiger partial charge in [-0.05, 0) is 25.7 Å². The first kappa shape index (κ1) is 11.9. The fourth-order valence-electron chi connectivity index (χ4n) is 1.99. The summed E-state index contributed by atoms with van der Waals surface area (Å²) in [7, 11) is 0. The highest BCUT2D eigenvalue weighted by Gasteiger charge is 2.29. The number of rotatable bonds is 5. The number of alkyl halides is 2. The van der Waals surface area contributed by atoms with Gasteiger partial charge in [-0.1, -0.05) is 12.8 Å². The van der Waals surface area contributed by atoms with Crippen LogP contribution in [-0.4, -0.2) is 30.2 Å². The van der Waals surface area contributed by atoms with Crippen molar-refractivity contribution in [3.63, 3.8) is 0 Å². The van der Waals surface area contributed by atoms with Crippen LogP contribution < -0.4 is 5.32 Å². The molecule has 2 nitrogen and oxygen atoms in total. The summed E-state index contributed by atoms with van der Waals surface area (Å²) in [5.74, 6) is -2.45. The number of hydrogen-bond acceptors (Lipinski definition) is 2. The second kappa shape index (κ2) is 5.03. The standard InChI is InChI=1S/C10H19F2NO/c1-8(9-4-2-3-5-9)13-6-10(11,12)7-14/h8-9,13-14H,2-7H2,1H3. The second-order valence-electron chi connectivity index (χ2n) is 4.23. The van der Waals surface area contributed by atoms with Crippen molar-refractivity contribution in [2.45, 2.75) is 44.6 Å². The van der Waals surface area contributed by atoms with Crippen molar-refractivity contribution in [1.82, 2.24) is 5.32 Å². The van der Waals surface area contributed by atoms with Crippen LogP contribution >= 0.6 is 0 Å². The lowest BCUT2D eigenvalue weighted by Gasteiger charge is -2.23. The van der Waals surface area contributed by atoms with E-state index in [1.165, 1.54) is 12.8 Å². The molecular formula is C10H19F2NO. The number of halogens is 2. The summed E-state index contributed by atoms with van der Waals surface area (Å²) < 4.78 is 25.4. The zero-order valence-corrected chi connectivity index (χ0v) is 8.60. The maximum absolute atomic E-state index is 12.7. The third-order valence-corrected chi connectivity index (χ3v) is 3.02. The molecule has 0 amide bonds. The molecule has 0 aromatic rings. The Morgan fingerprint density at radius 1 is 1.43 bits per heavy atom. The number of hydrogen-bond donors (Lipinski definition) is 2. The molecule has 4 heteroatoms. The van der Waals surface area contributed by atoms with Gasteiger partial charge in [0.15, 0.2) is 0 Å². The SMILES string of the molecule is CC(NCC(F)(F)CO)C1CCCC1. The van der Waals surface area contributed by atoms with Gasteiger partial charge >= 0.3 is 0 Å². The maximum Gasteiger partial charge on any atom is 0.282 e. The van der Waals surface area contributed by atoms with Gasteiger partial charge in [0.1, 0.15) is 6.61 Å². The van der Waals surface area contributed by atoms with Crippen molar-refractivity contribution in [3.05, 3.63) is 0 Å². The molecule has 1 unspecified atom stereocenters. The van der Waals surface area contributed by atoms with Gasteiger partial charge in [-0.2, -0.15) is 0 Å². The molecule has 0 heterocycles. The molecule has 1 atom stereocenters. The van der Waals surface area contributed by atoms with Gasteiger partial charge in [-0.15, -0.1) is 0 Å². The molecular weight excluding hydrogens is 188 g/mol. The van der Waals surface area contributed by atoms with E-state index in [1.807, 2.05) is 6.92 Å². The smallest absolute Gasteiger partial charge is 0.282 e. The summed E-state index contributed by atoms with van der Waals surface area (Å²) in [6.45, 7) is 0.460. The minimum Gasteiger partial charge on any atom is -0.390 e. The Morgan fingerprint density at radius 2 is 2.00 bits per heavy atom. The van der Waals surface area contributed by atoms with Crippen LogP contribution in [0.4, 0.5) is 8.78 Å². The summed E-state index contributed by atoms with van der Waals surface area (Å²) in [6.07, 6.45) is 4.71. The van der Waals surface area contributed by atoms with Gasteiger partial charge in [0.05, 0.1) is 6.54 Å². The van der Waals surface area contributed by atoms with Crippen LogP contribution in [0.3, 0.4) is 0 Å². The van der Waals surface area contributed by atoms with Crippen molar-refractivity contribution in [1.29, 1.82) is 0 Å². The van der Waals surface area contributed by atoms with Crippen LogP contribution in [0.1, 0.15) is 32.6 Å². The zero-order chi connectivity index (χ0) is 10.6. The summed E-state index contributed by atoms with van der Waals surface area (Å²) in [6, 6.07) is 0.134. The molecule has 0 bridgehead atoms. The van der Waals surface area contributed by atoms with Gasteiger partial charge < -0.3 is 10.4 Å². The van der Waals surface area contributed by atoms with E-state index in [2.05, 4.69) is 5.32 Å². The second-order valence-corrected chi connectivity index (χ2v) is 4.23. The summed E-state index contributed by atoms with van der Waals surface area (Å²) in [5.41, 5.74) is 0. The Hall–Kier alpha value is -0.220. The fraction of sp³-hybridized carbons (Fsp3) is 1.00. The van der Waals surface area contributed by atoms with Crippen molar-refractivity contribution in [2.24, 2.45) is 5.92 Å². The van der Waals surface area contributed by atoms with E-state index in [0.717, 1.165) is 12.8 Å². The number of aliphatic hydroxyl groups excluding tert-OH is 1. The zero-order valence-electron chi connectivity index (χ0n) is 8.60. The Kier molecular flexibility index (Phi) is 4.26. The van der Waals surface area contributed by atoms with Crippen LogP contribution in [0, 0.1) is 5.92 Å². The van der Waals surface area contributed by atoms with E-state index < -0.39 is 19.1 Å². The van der Waals surface area contributed by atoms with E-state index in [9.17, 15) is 8.78 Å². The van der Waals surface area contributed by atoms with Crippen LogP contribution in [-0.2, 0) is 0 Å². The van der Waals surface area contributed by atoms with E-state index in [-0.39, 0.29) is 6.04 Å². The van der Waals surface area contributed by atoms with Gasteiger partial charge in [-0.25, -0.2) is 8.78 Å². The highest BCUT2D eigenvalue weighted by molar-refractivity contribution is 4.79. The Labute approximate surface area is 83.7 Å². The minimum atomic E-state index is -2.98. The molecule has 0 spiro atoms. The predicted molar refractivity (Wildman–Crippen MR) is 51.5 cm³/mol. The van der Waals surface area contributed by atoms with Crippen molar-refractivity contribution < 1.29 is 13.9 Å².